The smallest absolute Gasteiger partial charge is 0.250 e. The summed E-state index contributed by atoms with van der Waals surface area (Å²) in [5, 5.41) is 3.03. The summed E-state index contributed by atoms with van der Waals surface area (Å²) in [5.41, 5.74) is 1.23. The van der Waals surface area contributed by atoms with Gasteiger partial charge < -0.3 is 24.1 Å². The number of fused-ring (bicyclic) bond motifs is 4. The molecule has 2 saturated heterocycles. The maximum Gasteiger partial charge on any atom is 0.250 e. The highest BCUT2D eigenvalue weighted by molar-refractivity contribution is 5.89. The van der Waals surface area contributed by atoms with E-state index in [4.69, 9.17) is 4.42 Å². The van der Waals surface area contributed by atoms with Crippen molar-refractivity contribution in [1.29, 1.82) is 0 Å². The average Bonchev–Trinajstić information content (AvgIpc) is 3.39. The Morgan fingerprint density at radius 2 is 2.00 bits per heavy atom. The number of piperidine rings is 1. The Morgan fingerprint density at radius 1 is 1.10 bits per heavy atom. The van der Waals surface area contributed by atoms with Crippen LogP contribution in [0.5, 0.6) is 0 Å². The maximum atomic E-state index is 12.6. The lowest BCUT2D eigenvalue weighted by Gasteiger charge is -2.42. The number of nitrogens with one attached hydrogen (secondary N) is 1. The molecule has 31 heavy (non-hydrogen) atoms. The molecule has 2 fully saturated rings. The monoisotopic (exact) mass is 424 g/mol. The minimum absolute atomic E-state index is 0.00527. The Labute approximate surface area is 180 Å². The molecule has 0 aliphatic carbocycles. The second-order valence-electron chi connectivity index (χ2n) is 9.00. The van der Waals surface area contributed by atoms with E-state index in [1.807, 2.05) is 16.7 Å². The highest BCUT2D eigenvalue weighted by Crippen LogP contribution is 2.34. The van der Waals surface area contributed by atoms with Crippen molar-refractivity contribution in [2.75, 3.05) is 32.7 Å². The van der Waals surface area contributed by atoms with Crippen LogP contribution < -0.4 is 10.9 Å². The normalized spacial score (nSPS) is 25.5. The van der Waals surface area contributed by atoms with Gasteiger partial charge in [-0.25, -0.2) is 0 Å². The molecule has 0 spiro atoms. The Hall–Kier alpha value is -2.87. The summed E-state index contributed by atoms with van der Waals surface area (Å²) in [6.07, 6.45) is 2.97. The van der Waals surface area contributed by atoms with Gasteiger partial charge in [-0.2, -0.15) is 0 Å². The number of likely N-dealkylation sites (tertiary alicyclic amines) is 2. The van der Waals surface area contributed by atoms with Crippen molar-refractivity contribution in [2.24, 2.45) is 11.8 Å². The van der Waals surface area contributed by atoms with E-state index in [1.54, 1.807) is 23.3 Å². The van der Waals surface area contributed by atoms with E-state index in [-0.39, 0.29) is 29.7 Å². The standard InChI is InChI=1S/C23H28N4O4/c28-21-5-1-4-20-17-9-16(12-27(20)21)11-25(13-17)7-6-24-23(30)18-10-22(29)26(14-18)15-19-3-2-8-31-19/h1-5,8,16-18H,6-7,9-15H2,(H,24,30)/t16-,17+,18-/m1/s1. The van der Waals surface area contributed by atoms with Crippen LogP contribution in [0.25, 0.3) is 0 Å². The predicted molar refractivity (Wildman–Crippen MR) is 113 cm³/mol. The number of carbonyl (C=O) groups is 2. The first kappa shape index (κ1) is 20.1. The molecule has 0 radical (unpaired) electrons. The fourth-order valence-corrected chi connectivity index (χ4v) is 5.35. The van der Waals surface area contributed by atoms with Gasteiger partial charge in [0.05, 0.1) is 18.7 Å². The molecule has 0 saturated carbocycles. The third kappa shape index (κ3) is 4.17. The molecule has 164 valence electrons. The minimum atomic E-state index is -0.304. The van der Waals surface area contributed by atoms with Crippen LogP contribution in [0.3, 0.4) is 0 Å². The molecule has 3 aliphatic heterocycles. The van der Waals surface area contributed by atoms with Gasteiger partial charge in [0.25, 0.3) is 5.56 Å². The SMILES string of the molecule is O=C(NCCN1C[C@H]2C[C@@H](C1)c1cccc(=O)n1C2)[C@@H]1CC(=O)N(Cc2ccco2)C1. The van der Waals surface area contributed by atoms with Gasteiger partial charge in [0.1, 0.15) is 5.76 Å². The van der Waals surface area contributed by atoms with E-state index in [1.165, 1.54) is 0 Å². The number of pyridine rings is 1. The van der Waals surface area contributed by atoms with Gasteiger partial charge in [-0.15, -0.1) is 0 Å². The molecule has 5 rings (SSSR count). The van der Waals surface area contributed by atoms with Crippen molar-refractivity contribution in [3.8, 4) is 0 Å². The van der Waals surface area contributed by atoms with E-state index < -0.39 is 0 Å². The van der Waals surface area contributed by atoms with Gasteiger partial charge in [-0.1, -0.05) is 6.07 Å². The summed E-state index contributed by atoms with van der Waals surface area (Å²) in [6, 6.07) is 9.20. The van der Waals surface area contributed by atoms with Crippen LogP contribution in [-0.2, 0) is 22.7 Å². The first-order chi connectivity index (χ1) is 15.1. The van der Waals surface area contributed by atoms with Crippen LogP contribution >= 0.6 is 0 Å². The summed E-state index contributed by atoms with van der Waals surface area (Å²) in [4.78, 5) is 41.1. The number of hydrogen-bond donors (Lipinski definition) is 1. The van der Waals surface area contributed by atoms with Gasteiger partial charge in [0.15, 0.2) is 0 Å². The molecule has 5 heterocycles. The number of carbonyl (C=O) groups excluding carboxylic acids is 2. The Bertz CT molecular complexity index is 1010. The number of furan rings is 1. The Kier molecular flexibility index (Phi) is 5.40. The number of nitrogens with zero attached hydrogens (tertiary/aromatic N) is 3. The molecule has 0 aromatic carbocycles. The number of aromatic nitrogens is 1. The van der Waals surface area contributed by atoms with Gasteiger partial charge in [-0.05, 0) is 30.5 Å². The molecule has 2 amide bonds. The summed E-state index contributed by atoms with van der Waals surface area (Å²) < 4.78 is 7.25. The van der Waals surface area contributed by atoms with Crippen molar-refractivity contribution in [3.05, 3.63) is 58.4 Å². The lowest BCUT2D eigenvalue weighted by atomic mass is 9.83. The first-order valence-electron chi connectivity index (χ1n) is 11.1. The molecule has 8 nitrogen and oxygen atoms in total. The summed E-state index contributed by atoms with van der Waals surface area (Å²) in [7, 11) is 0. The predicted octanol–water partition coefficient (Wildman–Crippen LogP) is 1.03. The van der Waals surface area contributed by atoms with Crippen molar-refractivity contribution in [2.45, 2.75) is 31.8 Å². The van der Waals surface area contributed by atoms with E-state index in [2.05, 4.69) is 16.3 Å². The van der Waals surface area contributed by atoms with Crippen molar-refractivity contribution < 1.29 is 14.0 Å². The van der Waals surface area contributed by atoms with Crippen molar-refractivity contribution >= 4 is 11.8 Å². The number of amides is 2. The largest absolute Gasteiger partial charge is 0.467 e. The van der Waals surface area contributed by atoms with Crippen LogP contribution in [-0.4, -0.2) is 58.9 Å². The van der Waals surface area contributed by atoms with Gasteiger partial charge >= 0.3 is 0 Å². The van der Waals surface area contributed by atoms with Crippen LogP contribution in [0.4, 0.5) is 0 Å². The van der Waals surface area contributed by atoms with Crippen LogP contribution in [0.1, 0.15) is 30.2 Å². The lowest BCUT2D eigenvalue weighted by Crippen LogP contribution is -2.49. The first-order valence-corrected chi connectivity index (χ1v) is 11.1. The zero-order valence-corrected chi connectivity index (χ0v) is 17.5. The second kappa shape index (κ2) is 8.34. The molecule has 1 N–H and O–H groups in total. The van der Waals surface area contributed by atoms with Crippen LogP contribution in [0, 0.1) is 11.8 Å². The third-order valence-corrected chi connectivity index (χ3v) is 6.79. The Morgan fingerprint density at radius 3 is 2.84 bits per heavy atom. The van der Waals surface area contributed by atoms with Gasteiger partial charge in [-0.3, -0.25) is 14.4 Å². The Balaban J connectivity index is 1.11. The lowest BCUT2D eigenvalue weighted by molar-refractivity contribution is -0.129. The molecular formula is C23H28N4O4. The average molecular weight is 425 g/mol. The van der Waals surface area contributed by atoms with E-state index in [0.717, 1.165) is 44.1 Å². The highest BCUT2D eigenvalue weighted by Gasteiger charge is 2.36. The molecular weight excluding hydrogens is 396 g/mol. The quantitative estimate of drug-likeness (QED) is 0.748. The summed E-state index contributed by atoms with van der Waals surface area (Å²) in [6.45, 7) is 4.85. The van der Waals surface area contributed by atoms with E-state index in [9.17, 15) is 14.4 Å². The molecule has 2 aromatic heterocycles. The number of hydrogen-bond acceptors (Lipinski definition) is 5. The van der Waals surface area contributed by atoms with Crippen molar-refractivity contribution in [3.63, 3.8) is 0 Å². The van der Waals surface area contributed by atoms with Crippen molar-refractivity contribution in [1.82, 2.24) is 19.7 Å². The van der Waals surface area contributed by atoms with Gasteiger partial charge in [0.2, 0.25) is 11.8 Å². The highest BCUT2D eigenvalue weighted by atomic mass is 16.3. The zero-order valence-electron chi connectivity index (χ0n) is 17.5. The molecule has 0 unspecified atom stereocenters. The van der Waals surface area contributed by atoms with Gasteiger partial charge in [0, 0.05) is 63.4 Å². The zero-order chi connectivity index (χ0) is 21.4. The number of rotatable bonds is 6. The molecule has 3 aliphatic rings. The fourth-order valence-electron chi connectivity index (χ4n) is 5.35. The van der Waals surface area contributed by atoms with Crippen LogP contribution in [0.15, 0.2) is 45.8 Å². The topological polar surface area (TPSA) is 87.8 Å². The molecule has 2 aromatic rings. The summed E-state index contributed by atoms with van der Waals surface area (Å²) >= 11 is 0. The minimum Gasteiger partial charge on any atom is -0.467 e. The molecule has 2 bridgehead atoms. The molecule has 8 heteroatoms. The third-order valence-electron chi connectivity index (χ3n) is 6.79. The van der Waals surface area contributed by atoms with Crippen LogP contribution in [0.2, 0.25) is 0 Å². The fraction of sp³-hybridized carbons (Fsp3) is 0.522. The second-order valence-corrected chi connectivity index (χ2v) is 9.00. The summed E-state index contributed by atoms with van der Waals surface area (Å²) in [5.74, 6) is 1.22. The molecule has 3 atom stereocenters. The maximum absolute atomic E-state index is 12.6. The van der Waals surface area contributed by atoms with E-state index in [0.29, 0.717) is 31.5 Å². The van der Waals surface area contributed by atoms with E-state index >= 15 is 0 Å².